The normalized spacial score (nSPS) is 15.2. The zero-order chi connectivity index (χ0) is 25.7. The molecular formula is C26H23FN4O4S. The zero-order valence-corrected chi connectivity index (χ0v) is 20.2. The van der Waals surface area contributed by atoms with Crippen LogP contribution in [0.25, 0.3) is 0 Å². The first kappa shape index (κ1) is 24.9. The van der Waals surface area contributed by atoms with Gasteiger partial charge in [-0.05, 0) is 72.9 Å². The third-order valence-corrected chi connectivity index (χ3v) is 6.12. The molecule has 1 N–H and O–H groups in total. The van der Waals surface area contributed by atoms with Gasteiger partial charge >= 0.3 is 5.97 Å². The van der Waals surface area contributed by atoms with Crippen molar-refractivity contribution in [3.63, 3.8) is 0 Å². The van der Waals surface area contributed by atoms with Crippen LogP contribution in [0.1, 0.15) is 22.5 Å². The van der Waals surface area contributed by atoms with Crippen molar-refractivity contribution >= 4 is 46.5 Å². The van der Waals surface area contributed by atoms with Crippen LogP contribution in [-0.4, -0.2) is 52.5 Å². The maximum atomic E-state index is 13.5. The van der Waals surface area contributed by atoms with Crippen molar-refractivity contribution in [2.24, 2.45) is 0 Å². The molecule has 0 saturated carbocycles. The summed E-state index contributed by atoms with van der Waals surface area (Å²) in [5.41, 5.74) is 2.07. The molecule has 1 aromatic heterocycles. The molecular weight excluding hydrogens is 483 g/mol. The third-order valence-electron chi connectivity index (χ3n) is 5.71. The number of ether oxygens (including phenoxy) is 1. The van der Waals surface area contributed by atoms with Crippen LogP contribution in [0.4, 0.5) is 15.8 Å². The summed E-state index contributed by atoms with van der Waals surface area (Å²) in [6.07, 6.45) is 2.04. The molecule has 1 fully saturated rings. The highest BCUT2D eigenvalue weighted by Gasteiger charge is 2.44. The van der Waals surface area contributed by atoms with Crippen molar-refractivity contribution in [3.8, 4) is 0 Å². The highest BCUT2D eigenvalue weighted by Crippen LogP contribution is 2.28. The smallest absolute Gasteiger partial charge is 0.337 e. The van der Waals surface area contributed by atoms with Crippen molar-refractivity contribution in [1.29, 1.82) is 0 Å². The number of aromatic nitrogens is 1. The molecule has 0 aliphatic carbocycles. The lowest BCUT2D eigenvalue weighted by molar-refractivity contribution is -0.124. The molecule has 0 unspecified atom stereocenters. The summed E-state index contributed by atoms with van der Waals surface area (Å²) in [6.45, 7) is 0.366. The van der Waals surface area contributed by atoms with Crippen molar-refractivity contribution < 1.29 is 23.5 Å². The number of halogens is 1. The number of rotatable bonds is 8. The van der Waals surface area contributed by atoms with E-state index in [0.29, 0.717) is 29.9 Å². The van der Waals surface area contributed by atoms with E-state index in [9.17, 15) is 18.8 Å². The van der Waals surface area contributed by atoms with E-state index in [-0.39, 0.29) is 17.4 Å². The maximum absolute atomic E-state index is 13.5. The average Bonchev–Trinajstić information content (AvgIpc) is 3.12. The fourth-order valence-electron chi connectivity index (χ4n) is 3.89. The Bertz CT molecular complexity index is 1270. The molecule has 0 bridgehead atoms. The van der Waals surface area contributed by atoms with Gasteiger partial charge in [0.1, 0.15) is 11.9 Å². The van der Waals surface area contributed by atoms with Gasteiger partial charge in [-0.1, -0.05) is 6.07 Å². The van der Waals surface area contributed by atoms with Crippen LogP contribution < -0.4 is 10.2 Å². The number of nitrogens with one attached hydrogen (secondary N) is 1. The third kappa shape index (κ3) is 5.55. The maximum Gasteiger partial charge on any atom is 0.337 e. The van der Waals surface area contributed by atoms with Gasteiger partial charge in [-0.15, -0.1) is 0 Å². The molecule has 1 atom stereocenters. The standard InChI is InChI=1S/C26H23FN4O4S/c1-35-25(34)17-5-9-20(10-6-17)29-23(32)16-22-24(33)31(21-11-7-18(27)8-12-21)26(36)30(22)15-13-19-4-2-3-14-28-19/h2-12,14,22H,13,15-16H2,1H3,(H,29,32)/t22-/m1/s1. The van der Waals surface area contributed by atoms with Gasteiger partial charge in [0.15, 0.2) is 5.11 Å². The second kappa shape index (κ2) is 11.0. The first-order valence-corrected chi connectivity index (χ1v) is 11.6. The Labute approximate surface area is 212 Å². The molecule has 1 aliphatic heterocycles. The summed E-state index contributed by atoms with van der Waals surface area (Å²) in [4.78, 5) is 45.3. The number of carbonyl (C=O) groups is 3. The molecule has 4 rings (SSSR count). The van der Waals surface area contributed by atoms with Crippen molar-refractivity contribution in [3.05, 3.63) is 90.0 Å². The van der Waals surface area contributed by atoms with Gasteiger partial charge < -0.3 is 15.0 Å². The number of hydrogen-bond donors (Lipinski definition) is 1. The Morgan fingerprint density at radius 1 is 1.08 bits per heavy atom. The molecule has 1 aliphatic rings. The molecule has 8 nitrogen and oxygen atoms in total. The van der Waals surface area contributed by atoms with E-state index in [2.05, 4.69) is 15.0 Å². The molecule has 1 saturated heterocycles. The highest BCUT2D eigenvalue weighted by atomic mass is 32.1. The van der Waals surface area contributed by atoms with Crippen LogP contribution in [0, 0.1) is 5.82 Å². The summed E-state index contributed by atoms with van der Waals surface area (Å²) in [7, 11) is 1.29. The molecule has 10 heteroatoms. The van der Waals surface area contributed by atoms with E-state index >= 15 is 0 Å². The Morgan fingerprint density at radius 3 is 2.44 bits per heavy atom. The van der Waals surface area contributed by atoms with Gasteiger partial charge in [0.2, 0.25) is 5.91 Å². The molecule has 2 heterocycles. The van der Waals surface area contributed by atoms with Gasteiger partial charge in [-0.3, -0.25) is 19.5 Å². The molecule has 3 aromatic rings. The first-order valence-electron chi connectivity index (χ1n) is 11.2. The van der Waals surface area contributed by atoms with Crippen molar-refractivity contribution in [2.45, 2.75) is 18.9 Å². The highest BCUT2D eigenvalue weighted by molar-refractivity contribution is 7.80. The minimum absolute atomic E-state index is 0.155. The Hall–Kier alpha value is -4.18. The fourth-order valence-corrected chi connectivity index (χ4v) is 4.31. The van der Waals surface area contributed by atoms with E-state index in [0.717, 1.165) is 5.69 Å². The molecule has 0 radical (unpaired) electrons. The van der Waals surface area contributed by atoms with E-state index in [1.807, 2.05) is 18.2 Å². The van der Waals surface area contributed by atoms with E-state index < -0.39 is 23.7 Å². The van der Waals surface area contributed by atoms with Crippen LogP contribution in [-0.2, 0) is 20.7 Å². The lowest BCUT2D eigenvalue weighted by Crippen LogP contribution is -2.39. The zero-order valence-electron chi connectivity index (χ0n) is 19.4. The Kier molecular flexibility index (Phi) is 7.65. The number of thiocarbonyl (C=S) groups is 1. The van der Waals surface area contributed by atoms with Gasteiger partial charge in [0.05, 0.1) is 24.8 Å². The van der Waals surface area contributed by atoms with Crippen LogP contribution in [0.5, 0.6) is 0 Å². The molecule has 36 heavy (non-hydrogen) atoms. The second-order valence-corrected chi connectivity index (χ2v) is 8.40. The minimum atomic E-state index is -0.847. The SMILES string of the molecule is COC(=O)c1ccc(NC(=O)C[C@@H]2C(=O)N(c3ccc(F)cc3)C(=S)N2CCc2ccccn2)cc1. The lowest BCUT2D eigenvalue weighted by Gasteiger charge is -2.23. The number of pyridine rings is 1. The number of carbonyl (C=O) groups excluding carboxylic acids is 3. The largest absolute Gasteiger partial charge is 0.465 e. The molecule has 2 aromatic carbocycles. The predicted octanol–water partition coefficient (Wildman–Crippen LogP) is 3.58. The Balaban J connectivity index is 1.52. The van der Waals surface area contributed by atoms with Gasteiger partial charge in [-0.2, -0.15) is 0 Å². The quantitative estimate of drug-likeness (QED) is 0.369. The van der Waals surface area contributed by atoms with Crippen LogP contribution in [0.3, 0.4) is 0 Å². The number of anilines is 2. The topological polar surface area (TPSA) is 91.8 Å². The van der Waals surface area contributed by atoms with E-state index in [1.165, 1.54) is 48.4 Å². The monoisotopic (exact) mass is 506 g/mol. The second-order valence-electron chi connectivity index (χ2n) is 8.03. The predicted molar refractivity (Wildman–Crippen MR) is 136 cm³/mol. The summed E-state index contributed by atoms with van der Waals surface area (Å²) in [6, 6.07) is 16.4. The number of benzene rings is 2. The van der Waals surface area contributed by atoms with Crippen LogP contribution in [0.15, 0.2) is 72.9 Å². The number of hydrogen-bond acceptors (Lipinski definition) is 6. The molecule has 0 spiro atoms. The van der Waals surface area contributed by atoms with Crippen LogP contribution in [0.2, 0.25) is 0 Å². The van der Waals surface area contributed by atoms with E-state index in [4.69, 9.17) is 12.2 Å². The summed E-state index contributed by atoms with van der Waals surface area (Å²) in [5.74, 6) is -1.69. The van der Waals surface area contributed by atoms with Crippen molar-refractivity contribution in [1.82, 2.24) is 9.88 Å². The van der Waals surface area contributed by atoms with Crippen LogP contribution >= 0.6 is 12.2 Å². The summed E-state index contributed by atoms with van der Waals surface area (Å²) < 4.78 is 18.1. The number of esters is 1. The van der Waals surface area contributed by atoms with Gasteiger partial charge in [-0.25, -0.2) is 9.18 Å². The molecule has 184 valence electrons. The number of nitrogens with zero attached hydrogens (tertiary/aromatic N) is 3. The van der Waals surface area contributed by atoms with E-state index in [1.54, 1.807) is 23.2 Å². The number of amides is 2. The average molecular weight is 507 g/mol. The van der Waals surface area contributed by atoms with Gasteiger partial charge in [0.25, 0.3) is 5.91 Å². The number of methoxy groups -OCH3 is 1. The van der Waals surface area contributed by atoms with Crippen molar-refractivity contribution in [2.75, 3.05) is 23.9 Å². The minimum Gasteiger partial charge on any atom is -0.465 e. The molecule has 2 amide bonds. The van der Waals surface area contributed by atoms with Gasteiger partial charge in [0, 0.05) is 30.5 Å². The first-order chi connectivity index (χ1) is 17.4. The summed E-state index contributed by atoms with van der Waals surface area (Å²) in [5, 5.41) is 2.99. The summed E-state index contributed by atoms with van der Waals surface area (Å²) >= 11 is 5.62. The Morgan fingerprint density at radius 2 is 1.81 bits per heavy atom. The lowest BCUT2D eigenvalue weighted by atomic mass is 10.1. The fraction of sp³-hybridized carbons (Fsp3) is 0.192.